The summed E-state index contributed by atoms with van der Waals surface area (Å²) in [7, 11) is 1.64. The Kier molecular flexibility index (Phi) is 6.52. The highest BCUT2D eigenvalue weighted by Gasteiger charge is 2.30. The molecule has 1 aromatic heterocycles. The molecule has 0 fully saturated rings. The summed E-state index contributed by atoms with van der Waals surface area (Å²) in [6.07, 6.45) is -0.418. The summed E-state index contributed by atoms with van der Waals surface area (Å²) >= 11 is 0. The van der Waals surface area contributed by atoms with Gasteiger partial charge in [0.05, 0.1) is 12.1 Å². The molecule has 0 radical (unpaired) electrons. The van der Waals surface area contributed by atoms with E-state index in [9.17, 15) is 13.2 Å². The first-order valence-electron chi connectivity index (χ1n) is 7.70. The van der Waals surface area contributed by atoms with Gasteiger partial charge in [-0.2, -0.15) is 13.2 Å². The monoisotopic (exact) mass is 348 g/mol. The summed E-state index contributed by atoms with van der Waals surface area (Å²) in [5.74, 6) is 6.10. The summed E-state index contributed by atoms with van der Waals surface area (Å²) < 4.78 is 40.0. The lowest BCUT2D eigenvalue weighted by Gasteiger charge is -2.10. The van der Waals surface area contributed by atoms with Crippen LogP contribution in [0.1, 0.15) is 11.1 Å². The molecule has 0 atom stereocenters. The Balaban J connectivity index is 1.80. The van der Waals surface area contributed by atoms with Gasteiger partial charge in [-0.3, -0.25) is 4.99 Å². The number of nitrogens with zero attached hydrogens (tertiary/aromatic N) is 2. The minimum Gasteiger partial charge on any atom is -0.355 e. The fourth-order valence-electron chi connectivity index (χ4n) is 2.09. The number of hydrogen-bond donors (Lipinski definition) is 2. The lowest BCUT2D eigenvalue weighted by atomic mass is 10.1. The van der Waals surface area contributed by atoms with E-state index >= 15 is 0 Å². The molecule has 0 aliphatic rings. The van der Waals surface area contributed by atoms with Crippen molar-refractivity contribution in [2.75, 3.05) is 20.1 Å². The maximum Gasteiger partial charge on any atom is 0.416 e. The third-order valence-corrected chi connectivity index (χ3v) is 3.32. The van der Waals surface area contributed by atoms with Crippen LogP contribution < -0.4 is 10.6 Å². The van der Waals surface area contributed by atoms with Crippen LogP contribution in [0.25, 0.3) is 0 Å². The fourth-order valence-corrected chi connectivity index (χ4v) is 2.09. The second-order valence-corrected chi connectivity index (χ2v) is 5.15. The van der Waals surface area contributed by atoms with Gasteiger partial charge in [0.1, 0.15) is 0 Å². The van der Waals surface area contributed by atoms with Gasteiger partial charge in [-0.15, -0.1) is 0 Å². The van der Waals surface area contributed by atoms with E-state index in [4.69, 9.17) is 0 Å². The average molecular weight is 348 g/mol. The molecule has 2 rings (SSSR count). The first-order chi connectivity index (χ1) is 12.0. The lowest BCUT2D eigenvalue weighted by molar-refractivity contribution is -0.137. The number of alkyl halides is 3. The van der Waals surface area contributed by atoms with Gasteiger partial charge in [0.25, 0.3) is 0 Å². The van der Waals surface area contributed by atoms with Gasteiger partial charge in [0.15, 0.2) is 5.96 Å². The van der Waals surface area contributed by atoms with Crippen LogP contribution in [0.4, 0.5) is 13.2 Å². The average Bonchev–Trinajstić information content (AvgIpc) is 3.10. The topological polar surface area (TPSA) is 41.4 Å². The van der Waals surface area contributed by atoms with Gasteiger partial charge in [-0.25, -0.2) is 0 Å². The molecule has 0 aliphatic heterocycles. The molecule has 0 amide bonds. The second kappa shape index (κ2) is 8.83. The van der Waals surface area contributed by atoms with E-state index in [0.717, 1.165) is 18.7 Å². The van der Waals surface area contributed by atoms with Crippen LogP contribution in [-0.4, -0.2) is 30.7 Å². The molecule has 132 valence electrons. The zero-order valence-corrected chi connectivity index (χ0v) is 13.8. The van der Waals surface area contributed by atoms with E-state index in [-0.39, 0.29) is 6.54 Å². The minimum atomic E-state index is -4.36. The highest BCUT2D eigenvalue weighted by Crippen LogP contribution is 2.29. The van der Waals surface area contributed by atoms with E-state index in [1.54, 1.807) is 13.1 Å². The number of aliphatic imine (C=N–C) groups is 1. The van der Waals surface area contributed by atoms with E-state index in [2.05, 4.69) is 27.5 Å². The van der Waals surface area contributed by atoms with Crippen LogP contribution in [0.15, 0.2) is 53.8 Å². The van der Waals surface area contributed by atoms with Crippen LogP contribution in [0.2, 0.25) is 0 Å². The molecule has 1 aromatic carbocycles. The predicted molar refractivity (Wildman–Crippen MR) is 92.1 cm³/mol. The molecule has 2 N–H and O–H groups in total. The van der Waals surface area contributed by atoms with Crippen molar-refractivity contribution in [3.63, 3.8) is 0 Å². The number of hydrogen-bond acceptors (Lipinski definition) is 1. The van der Waals surface area contributed by atoms with Crippen molar-refractivity contribution in [2.24, 2.45) is 4.99 Å². The fraction of sp³-hybridized carbons (Fsp3) is 0.278. The quantitative estimate of drug-likeness (QED) is 0.507. The Bertz CT molecular complexity index is 753. The van der Waals surface area contributed by atoms with E-state index in [1.807, 2.05) is 29.1 Å². The summed E-state index contributed by atoms with van der Waals surface area (Å²) in [5.41, 5.74) is -0.373. The normalized spacial score (nSPS) is 11.6. The van der Waals surface area contributed by atoms with Crippen LogP contribution >= 0.6 is 0 Å². The molecule has 0 saturated heterocycles. The smallest absolute Gasteiger partial charge is 0.355 e. The Hall–Kier alpha value is -2.88. The Morgan fingerprint density at radius 1 is 1.16 bits per heavy atom. The molecular formula is C18H19F3N4. The predicted octanol–water partition coefficient (Wildman–Crippen LogP) is 2.72. The maximum absolute atomic E-state index is 12.6. The standard InChI is InChI=1S/C18H19F3N4/c1-22-17(24-10-13-25-11-2-3-12-25)23-9-5-7-15-6-4-8-16(14-15)18(19,20)21/h2-4,6,8,11-12,14H,9-10,13H2,1H3,(H2,22,23,24). The number of guanidine groups is 1. The Morgan fingerprint density at radius 3 is 2.60 bits per heavy atom. The maximum atomic E-state index is 12.6. The first kappa shape index (κ1) is 18.5. The molecule has 2 aromatic rings. The lowest BCUT2D eigenvalue weighted by Crippen LogP contribution is -2.38. The van der Waals surface area contributed by atoms with Gasteiger partial charge in [0.2, 0.25) is 0 Å². The van der Waals surface area contributed by atoms with Crippen molar-refractivity contribution in [1.82, 2.24) is 15.2 Å². The third-order valence-electron chi connectivity index (χ3n) is 3.32. The largest absolute Gasteiger partial charge is 0.416 e. The van der Waals surface area contributed by atoms with Crippen LogP contribution in [-0.2, 0) is 12.7 Å². The minimum absolute atomic E-state index is 0.277. The summed E-state index contributed by atoms with van der Waals surface area (Å²) in [5, 5.41) is 6.14. The molecule has 0 aliphatic carbocycles. The van der Waals surface area contributed by atoms with Gasteiger partial charge in [-0.05, 0) is 30.3 Å². The van der Waals surface area contributed by atoms with Crippen LogP contribution in [0.5, 0.6) is 0 Å². The zero-order valence-electron chi connectivity index (χ0n) is 13.8. The summed E-state index contributed by atoms with van der Waals surface area (Å²) in [6, 6.07) is 8.87. The highest BCUT2D eigenvalue weighted by molar-refractivity contribution is 5.79. The molecular weight excluding hydrogens is 329 g/mol. The van der Waals surface area contributed by atoms with Crippen LogP contribution in [0.3, 0.4) is 0 Å². The number of aromatic nitrogens is 1. The zero-order chi connectivity index (χ0) is 18.1. The van der Waals surface area contributed by atoms with Crippen molar-refractivity contribution in [2.45, 2.75) is 12.7 Å². The van der Waals surface area contributed by atoms with E-state index in [1.165, 1.54) is 6.07 Å². The van der Waals surface area contributed by atoms with E-state index < -0.39 is 11.7 Å². The van der Waals surface area contributed by atoms with Crippen molar-refractivity contribution >= 4 is 5.96 Å². The summed E-state index contributed by atoms with van der Waals surface area (Å²) in [6.45, 7) is 1.76. The van der Waals surface area contributed by atoms with Gasteiger partial charge < -0.3 is 15.2 Å². The number of nitrogens with one attached hydrogen (secondary N) is 2. The first-order valence-corrected chi connectivity index (χ1v) is 7.70. The Labute approximate surface area is 144 Å². The molecule has 4 nitrogen and oxygen atoms in total. The Morgan fingerprint density at radius 2 is 1.92 bits per heavy atom. The van der Waals surface area contributed by atoms with Gasteiger partial charge in [0, 0.05) is 38.1 Å². The molecule has 7 heteroatoms. The SMILES string of the molecule is CN=C(NCC#Cc1cccc(C(F)(F)F)c1)NCCn1cccc1. The van der Waals surface area contributed by atoms with Crippen molar-refractivity contribution in [3.8, 4) is 11.8 Å². The third kappa shape index (κ3) is 6.26. The second-order valence-electron chi connectivity index (χ2n) is 5.15. The van der Waals surface area contributed by atoms with Gasteiger partial charge in [-0.1, -0.05) is 17.9 Å². The number of benzene rings is 1. The van der Waals surface area contributed by atoms with Crippen LogP contribution in [0, 0.1) is 11.8 Å². The van der Waals surface area contributed by atoms with Gasteiger partial charge >= 0.3 is 6.18 Å². The molecule has 0 unspecified atom stereocenters. The van der Waals surface area contributed by atoms with E-state index in [0.29, 0.717) is 18.1 Å². The molecule has 0 saturated carbocycles. The van der Waals surface area contributed by atoms with Crippen molar-refractivity contribution in [1.29, 1.82) is 0 Å². The summed E-state index contributed by atoms with van der Waals surface area (Å²) in [4.78, 5) is 4.07. The van der Waals surface area contributed by atoms with Crippen molar-refractivity contribution in [3.05, 3.63) is 59.9 Å². The molecule has 0 spiro atoms. The number of rotatable bonds is 4. The van der Waals surface area contributed by atoms with Crippen molar-refractivity contribution < 1.29 is 13.2 Å². The molecule has 1 heterocycles. The molecule has 25 heavy (non-hydrogen) atoms. The number of halogens is 3. The highest BCUT2D eigenvalue weighted by atomic mass is 19.4. The molecule has 0 bridgehead atoms.